The summed E-state index contributed by atoms with van der Waals surface area (Å²) in [4.78, 5) is 23.9. The van der Waals surface area contributed by atoms with Gasteiger partial charge in [-0.2, -0.15) is 0 Å². The Morgan fingerprint density at radius 1 is 1.12 bits per heavy atom. The average molecular weight is 346 g/mol. The van der Waals surface area contributed by atoms with Crippen molar-refractivity contribution < 1.29 is 4.79 Å². The summed E-state index contributed by atoms with van der Waals surface area (Å²) < 4.78 is 0. The molecule has 0 bridgehead atoms. The number of anilines is 2. The molecule has 0 spiro atoms. The van der Waals surface area contributed by atoms with Gasteiger partial charge in [-0.3, -0.25) is 14.8 Å². The lowest BCUT2D eigenvalue weighted by Crippen LogP contribution is -2.19. The molecule has 5 nitrogen and oxygen atoms in total. The minimum Gasteiger partial charge on any atom is -0.370 e. The number of pyridine rings is 2. The molecule has 2 aromatic heterocycles. The largest absolute Gasteiger partial charge is 0.370 e. The number of hydrogen-bond acceptors (Lipinski definition) is 4. The first-order valence-electron chi connectivity index (χ1n) is 9.01. The van der Waals surface area contributed by atoms with Crippen molar-refractivity contribution >= 4 is 28.2 Å². The summed E-state index contributed by atoms with van der Waals surface area (Å²) in [5.74, 6) is -0.153. The molecule has 1 aliphatic rings. The van der Waals surface area contributed by atoms with Gasteiger partial charge in [0.15, 0.2) is 0 Å². The van der Waals surface area contributed by atoms with E-state index in [2.05, 4.69) is 26.3 Å². The molecule has 0 aliphatic carbocycles. The molecule has 1 saturated heterocycles. The highest BCUT2D eigenvalue weighted by molar-refractivity contribution is 6.10. The Kier molecular flexibility index (Phi) is 4.29. The van der Waals surface area contributed by atoms with Crippen molar-refractivity contribution in [1.29, 1.82) is 0 Å². The maximum absolute atomic E-state index is 12.7. The van der Waals surface area contributed by atoms with Crippen LogP contribution >= 0.6 is 0 Å². The molecule has 3 heterocycles. The molecule has 1 aromatic carbocycles. The molecule has 1 N–H and O–H groups in total. The fourth-order valence-corrected chi connectivity index (χ4v) is 3.44. The van der Waals surface area contributed by atoms with Gasteiger partial charge in [0.1, 0.15) is 0 Å². The Morgan fingerprint density at radius 2 is 1.92 bits per heavy atom. The fourth-order valence-electron chi connectivity index (χ4n) is 3.44. The third-order valence-electron chi connectivity index (χ3n) is 5.05. The van der Waals surface area contributed by atoms with Gasteiger partial charge in [-0.25, -0.2) is 0 Å². The van der Waals surface area contributed by atoms with Crippen molar-refractivity contribution in [2.24, 2.45) is 0 Å². The lowest BCUT2D eigenvalue weighted by atomic mass is 10.1. The van der Waals surface area contributed by atoms with E-state index >= 15 is 0 Å². The molecule has 3 aromatic rings. The van der Waals surface area contributed by atoms with E-state index in [9.17, 15) is 4.79 Å². The van der Waals surface area contributed by atoms with Crippen LogP contribution in [0.3, 0.4) is 0 Å². The minimum atomic E-state index is -0.153. The van der Waals surface area contributed by atoms with Crippen LogP contribution in [0.25, 0.3) is 10.9 Å². The zero-order valence-electron chi connectivity index (χ0n) is 15.1. The zero-order chi connectivity index (χ0) is 18.1. The summed E-state index contributed by atoms with van der Waals surface area (Å²) in [5, 5.41) is 3.99. The van der Waals surface area contributed by atoms with E-state index in [1.54, 1.807) is 12.4 Å². The van der Waals surface area contributed by atoms with Gasteiger partial charge in [0, 0.05) is 36.6 Å². The maximum atomic E-state index is 12.7. The number of hydrogen-bond donors (Lipinski definition) is 1. The maximum Gasteiger partial charge on any atom is 0.257 e. The van der Waals surface area contributed by atoms with Crippen molar-refractivity contribution in [1.82, 2.24) is 9.97 Å². The second kappa shape index (κ2) is 6.75. The summed E-state index contributed by atoms with van der Waals surface area (Å²) in [6.45, 7) is 6.02. The topological polar surface area (TPSA) is 58.1 Å². The highest BCUT2D eigenvalue weighted by atomic mass is 16.1. The number of carbonyl (C=O) groups is 1. The number of benzene rings is 1. The molecule has 0 atom stereocenters. The highest BCUT2D eigenvalue weighted by Gasteiger charge is 2.18. The molecular weight excluding hydrogens is 324 g/mol. The van der Waals surface area contributed by atoms with E-state index < -0.39 is 0 Å². The second-order valence-corrected chi connectivity index (χ2v) is 6.81. The first kappa shape index (κ1) is 16.5. The van der Waals surface area contributed by atoms with E-state index in [0.717, 1.165) is 46.6 Å². The third kappa shape index (κ3) is 3.01. The Balaban J connectivity index is 1.69. The van der Waals surface area contributed by atoms with Crippen molar-refractivity contribution in [2.45, 2.75) is 26.7 Å². The first-order valence-corrected chi connectivity index (χ1v) is 9.01. The Hall–Kier alpha value is -2.95. The van der Waals surface area contributed by atoms with Crippen LogP contribution in [0, 0.1) is 13.8 Å². The molecule has 1 fully saturated rings. The molecule has 26 heavy (non-hydrogen) atoms. The third-order valence-corrected chi connectivity index (χ3v) is 5.05. The minimum absolute atomic E-state index is 0.153. The van der Waals surface area contributed by atoms with Gasteiger partial charge in [-0.15, -0.1) is 0 Å². The Morgan fingerprint density at radius 3 is 2.69 bits per heavy atom. The number of amides is 1. The molecule has 0 unspecified atom stereocenters. The summed E-state index contributed by atoms with van der Waals surface area (Å²) in [6.07, 6.45) is 5.86. The van der Waals surface area contributed by atoms with Crippen LogP contribution in [-0.4, -0.2) is 29.0 Å². The van der Waals surface area contributed by atoms with Crippen LogP contribution in [0.15, 0.2) is 42.7 Å². The van der Waals surface area contributed by atoms with Crippen LogP contribution in [0.2, 0.25) is 0 Å². The Bertz CT molecular complexity index is 977. The number of aryl methyl sites for hydroxylation is 2. The first-order chi connectivity index (χ1) is 12.6. The summed E-state index contributed by atoms with van der Waals surface area (Å²) in [7, 11) is 0. The van der Waals surface area contributed by atoms with Crippen molar-refractivity contribution in [2.75, 3.05) is 23.3 Å². The van der Waals surface area contributed by atoms with Crippen LogP contribution in [0.1, 0.15) is 34.5 Å². The van der Waals surface area contributed by atoms with E-state index in [-0.39, 0.29) is 5.91 Å². The molecular formula is C21H22N4O. The summed E-state index contributed by atoms with van der Waals surface area (Å²) in [5.41, 5.74) is 5.36. The van der Waals surface area contributed by atoms with Gasteiger partial charge in [-0.1, -0.05) is 0 Å². The molecule has 0 radical (unpaired) electrons. The molecule has 4 rings (SSSR count). The van der Waals surface area contributed by atoms with Crippen LogP contribution in [0.5, 0.6) is 0 Å². The van der Waals surface area contributed by atoms with E-state index in [4.69, 9.17) is 0 Å². The van der Waals surface area contributed by atoms with E-state index in [1.165, 1.54) is 12.8 Å². The number of aromatic nitrogens is 2. The SMILES string of the molecule is Cc1cc(C(=O)Nc2ccc(N3CCCC3)c3ncccc23)cnc1C. The normalized spacial score (nSPS) is 14.0. The monoisotopic (exact) mass is 346 g/mol. The van der Waals surface area contributed by atoms with Gasteiger partial charge < -0.3 is 10.2 Å². The van der Waals surface area contributed by atoms with E-state index in [1.807, 2.05) is 38.1 Å². The fraction of sp³-hybridized carbons (Fsp3) is 0.286. The zero-order valence-corrected chi connectivity index (χ0v) is 15.1. The molecule has 5 heteroatoms. The van der Waals surface area contributed by atoms with Gasteiger partial charge in [0.05, 0.1) is 22.5 Å². The number of fused-ring (bicyclic) bond motifs is 1. The van der Waals surface area contributed by atoms with Crippen molar-refractivity contribution in [3.8, 4) is 0 Å². The second-order valence-electron chi connectivity index (χ2n) is 6.81. The summed E-state index contributed by atoms with van der Waals surface area (Å²) >= 11 is 0. The number of carbonyl (C=O) groups excluding carboxylic acids is 1. The Labute approximate surface area is 153 Å². The van der Waals surface area contributed by atoms with E-state index in [0.29, 0.717) is 5.56 Å². The molecule has 1 aliphatic heterocycles. The standard InChI is InChI=1S/C21H22N4O/c1-14-12-16(13-23-15(14)2)21(26)24-18-7-8-19(25-10-3-4-11-25)20-17(18)6-5-9-22-20/h5-9,12-13H,3-4,10-11H2,1-2H3,(H,24,26). The molecule has 0 saturated carbocycles. The van der Waals surface area contributed by atoms with Crippen molar-refractivity contribution in [3.63, 3.8) is 0 Å². The quantitative estimate of drug-likeness (QED) is 0.776. The number of nitrogens with zero attached hydrogens (tertiary/aromatic N) is 3. The summed E-state index contributed by atoms with van der Waals surface area (Å²) in [6, 6.07) is 9.83. The molecule has 132 valence electrons. The van der Waals surface area contributed by atoms with Crippen molar-refractivity contribution in [3.05, 3.63) is 59.5 Å². The van der Waals surface area contributed by atoms with Gasteiger partial charge >= 0.3 is 0 Å². The van der Waals surface area contributed by atoms with Crippen LogP contribution in [-0.2, 0) is 0 Å². The highest BCUT2D eigenvalue weighted by Crippen LogP contribution is 2.32. The smallest absolute Gasteiger partial charge is 0.257 e. The lowest BCUT2D eigenvalue weighted by molar-refractivity contribution is 0.102. The van der Waals surface area contributed by atoms with Gasteiger partial charge in [-0.05, 0) is 62.6 Å². The number of rotatable bonds is 3. The lowest BCUT2D eigenvalue weighted by Gasteiger charge is -2.20. The average Bonchev–Trinajstić information content (AvgIpc) is 3.18. The van der Waals surface area contributed by atoms with Gasteiger partial charge in [0.25, 0.3) is 5.91 Å². The van der Waals surface area contributed by atoms with Crippen LogP contribution < -0.4 is 10.2 Å². The number of nitrogens with one attached hydrogen (secondary N) is 1. The van der Waals surface area contributed by atoms with Gasteiger partial charge in [0.2, 0.25) is 0 Å². The predicted octanol–water partition coefficient (Wildman–Crippen LogP) is 4.10. The van der Waals surface area contributed by atoms with Crippen LogP contribution in [0.4, 0.5) is 11.4 Å². The predicted molar refractivity (Wildman–Crippen MR) is 105 cm³/mol. The molecule has 1 amide bonds.